The summed E-state index contributed by atoms with van der Waals surface area (Å²) in [7, 11) is 0. The van der Waals surface area contributed by atoms with Gasteiger partial charge in [-0.15, -0.1) is 0 Å². The van der Waals surface area contributed by atoms with Crippen molar-refractivity contribution in [2.45, 2.75) is 26.3 Å². The highest BCUT2D eigenvalue weighted by atomic mass is 16.2. The molecule has 0 fully saturated rings. The van der Waals surface area contributed by atoms with E-state index in [4.69, 9.17) is 0 Å². The number of hydrazone groups is 1. The van der Waals surface area contributed by atoms with Crippen molar-refractivity contribution in [3.63, 3.8) is 0 Å². The maximum absolute atomic E-state index is 13.1. The van der Waals surface area contributed by atoms with Gasteiger partial charge in [-0.2, -0.15) is 5.10 Å². The zero-order valence-electron chi connectivity index (χ0n) is 16.5. The molecule has 0 radical (unpaired) electrons. The molecule has 1 aliphatic rings. The van der Waals surface area contributed by atoms with Crippen LogP contribution in [-0.2, 0) is 16.1 Å². The van der Waals surface area contributed by atoms with Crippen LogP contribution in [0, 0.1) is 0 Å². The molecule has 2 amide bonds. The molecule has 0 unspecified atom stereocenters. The number of nitrogens with one attached hydrogen (secondary N) is 1. The van der Waals surface area contributed by atoms with Gasteiger partial charge >= 0.3 is 0 Å². The summed E-state index contributed by atoms with van der Waals surface area (Å²) in [5, 5.41) is 6.11. The summed E-state index contributed by atoms with van der Waals surface area (Å²) in [6, 6.07) is 16.1. The minimum atomic E-state index is -0.276. The van der Waals surface area contributed by atoms with Crippen LogP contribution in [0.1, 0.15) is 25.6 Å². The molecule has 0 saturated carbocycles. The Morgan fingerprint density at radius 2 is 1.80 bits per heavy atom. The molecule has 2 aromatic carbocycles. The lowest BCUT2D eigenvalue weighted by Crippen LogP contribution is -2.41. The number of para-hydroxylation sites is 2. The molecule has 0 saturated heterocycles. The summed E-state index contributed by atoms with van der Waals surface area (Å²) in [5.74, 6) is -0.0237. The molecule has 0 bridgehead atoms. The Labute approximate surface area is 172 Å². The maximum atomic E-state index is 13.1. The predicted molar refractivity (Wildman–Crippen MR) is 114 cm³/mol. The highest BCUT2D eigenvalue weighted by molar-refractivity contribution is 6.40. The predicted octanol–water partition coefficient (Wildman–Crippen LogP) is 2.45. The zero-order valence-corrected chi connectivity index (χ0v) is 16.5. The second-order valence-corrected chi connectivity index (χ2v) is 6.94. The highest BCUT2D eigenvalue weighted by Gasteiger charge is 2.28. The lowest BCUT2D eigenvalue weighted by Gasteiger charge is -2.26. The lowest BCUT2D eigenvalue weighted by atomic mass is 10.1. The minimum Gasteiger partial charge on any atom is -0.330 e. The number of rotatable bonds is 5. The Morgan fingerprint density at radius 3 is 2.57 bits per heavy atom. The van der Waals surface area contributed by atoms with Crippen LogP contribution >= 0.6 is 0 Å². The van der Waals surface area contributed by atoms with E-state index in [1.807, 2.05) is 31.2 Å². The Morgan fingerprint density at radius 1 is 1.07 bits per heavy atom. The number of amides is 2. The Bertz CT molecular complexity index is 1190. The second-order valence-electron chi connectivity index (χ2n) is 6.94. The number of nitrogens with zero attached hydrogens (tertiary/aromatic N) is 4. The third-order valence-electron chi connectivity index (χ3n) is 4.95. The van der Waals surface area contributed by atoms with Crippen LogP contribution < -0.4 is 10.6 Å². The SMILES string of the molecule is CCN(Cc1nc2ccccc2c(=O)[nH]1)C(=O)C1=NN(c2ccccc2)C(=O)CC1. The first-order valence-electron chi connectivity index (χ1n) is 9.79. The largest absolute Gasteiger partial charge is 0.330 e. The zero-order chi connectivity index (χ0) is 21.1. The van der Waals surface area contributed by atoms with E-state index in [1.165, 1.54) is 5.01 Å². The minimum absolute atomic E-state index is 0.147. The number of carbonyl (C=O) groups excluding carboxylic acids is 2. The summed E-state index contributed by atoms with van der Waals surface area (Å²) in [6.45, 7) is 2.40. The van der Waals surface area contributed by atoms with Gasteiger partial charge in [-0.1, -0.05) is 30.3 Å². The van der Waals surface area contributed by atoms with Crippen LogP contribution in [0.15, 0.2) is 64.5 Å². The molecule has 0 spiro atoms. The third-order valence-corrected chi connectivity index (χ3v) is 4.95. The fraction of sp³-hybridized carbons (Fsp3) is 0.227. The van der Waals surface area contributed by atoms with Crippen LogP contribution in [0.5, 0.6) is 0 Å². The van der Waals surface area contributed by atoms with Crippen molar-refractivity contribution in [3.05, 3.63) is 70.8 Å². The van der Waals surface area contributed by atoms with Gasteiger partial charge in [0.15, 0.2) is 0 Å². The lowest BCUT2D eigenvalue weighted by molar-refractivity contribution is -0.124. The average molecular weight is 403 g/mol. The van der Waals surface area contributed by atoms with Crippen LogP contribution in [0.3, 0.4) is 0 Å². The van der Waals surface area contributed by atoms with Crippen molar-refractivity contribution in [2.24, 2.45) is 5.10 Å². The molecule has 0 aliphatic carbocycles. The Kier molecular flexibility index (Phi) is 5.38. The fourth-order valence-corrected chi connectivity index (χ4v) is 3.38. The molecular formula is C22H21N5O3. The van der Waals surface area contributed by atoms with Gasteiger partial charge in [0.05, 0.1) is 23.1 Å². The van der Waals surface area contributed by atoms with Gasteiger partial charge in [0.1, 0.15) is 11.5 Å². The molecule has 1 aliphatic heterocycles. The van der Waals surface area contributed by atoms with Crippen molar-refractivity contribution < 1.29 is 9.59 Å². The van der Waals surface area contributed by atoms with Crippen molar-refractivity contribution in [2.75, 3.05) is 11.6 Å². The Hall–Kier alpha value is -3.81. The molecule has 1 aromatic heterocycles. The van der Waals surface area contributed by atoms with Gasteiger partial charge in [0, 0.05) is 19.4 Å². The summed E-state index contributed by atoms with van der Waals surface area (Å²) < 4.78 is 0. The molecule has 8 nitrogen and oxygen atoms in total. The maximum Gasteiger partial charge on any atom is 0.270 e. The number of carbonyl (C=O) groups is 2. The van der Waals surface area contributed by atoms with Gasteiger partial charge in [0.2, 0.25) is 5.91 Å². The first-order chi connectivity index (χ1) is 14.6. The fourth-order valence-electron chi connectivity index (χ4n) is 3.38. The second kappa shape index (κ2) is 8.28. The summed E-state index contributed by atoms with van der Waals surface area (Å²) in [5.41, 5.74) is 1.27. The van der Waals surface area contributed by atoms with Gasteiger partial charge < -0.3 is 9.88 Å². The van der Waals surface area contributed by atoms with E-state index in [0.717, 1.165) is 0 Å². The smallest absolute Gasteiger partial charge is 0.270 e. The summed E-state index contributed by atoms with van der Waals surface area (Å²) >= 11 is 0. The van der Waals surface area contributed by atoms with E-state index >= 15 is 0 Å². The number of H-pyrrole nitrogens is 1. The molecule has 2 heterocycles. The van der Waals surface area contributed by atoms with Crippen molar-refractivity contribution in [3.8, 4) is 0 Å². The number of fused-ring (bicyclic) bond motifs is 1. The van der Waals surface area contributed by atoms with Crippen molar-refractivity contribution in [1.82, 2.24) is 14.9 Å². The number of anilines is 1. The average Bonchev–Trinajstić information content (AvgIpc) is 2.78. The number of benzene rings is 2. The summed E-state index contributed by atoms with van der Waals surface area (Å²) in [4.78, 5) is 46.5. The topological polar surface area (TPSA) is 98.7 Å². The molecule has 0 atom stereocenters. The number of aromatic nitrogens is 2. The monoisotopic (exact) mass is 403 g/mol. The highest BCUT2D eigenvalue weighted by Crippen LogP contribution is 2.20. The van der Waals surface area contributed by atoms with Crippen LogP contribution in [0.2, 0.25) is 0 Å². The normalized spacial score (nSPS) is 14.0. The summed E-state index contributed by atoms with van der Waals surface area (Å²) in [6.07, 6.45) is 0.487. The number of aromatic amines is 1. The van der Waals surface area contributed by atoms with E-state index in [9.17, 15) is 14.4 Å². The van der Waals surface area contributed by atoms with E-state index in [1.54, 1.807) is 35.2 Å². The molecule has 30 heavy (non-hydrogen) atoms. The molecule has 152 valence electrons. The quantitative estimate of drug-likeness (QED) is 0.707. The Balaban J connectivity index is 1.60. The van der Waals surface area contributed by atoms with Gasteiger partial charge in [-0.3, -0.25) is 14.4 Å². The van der Waals surface area contributed by atoms with Crippen LogP contribution in [0.25, 0.3) is 10.9 Å². The molecule has 4 rings (SSSR count). The molecule has 8 heteroatoms. The van der Waals surface area contributed by atoms with Gasteiger partial charge in [-0.05, 0) is 31.2 Å². The van der Waals surface area contributed by atoms with E-state index in [0.29, 0.717) is 34.7 Å². The van der Waals surface area contributed by atoms with Crippen LogP contribution in [-0.4, -0.2) is 38.9 Å². The van der Waals surface area contributed by atoms with E-state index < -0.39 is 0 Å². The van der Waals surface area contributed by atoms with Gasteiger partial charge in [0.25, 0.3) is 11.5 Å². The van der Waals surface area contributed by atoms with Crippen molar-refractivity contribution >= 4 is 34.1 Å². The number of hydrogen-bond acceptors (Lipinski definition) is 5. The number of hydrogen-bond donors (Lipinski definition) is 1. The molecule has 1 N–H and O–H groups in total. The first-order valence-corrected chi connectivity index (χ1v) is 9.79. The van der Waals surface area contributed by atoms with Crippen LogP contribution in [0.4, 0.5) is 5.69 Å². The first kappa shape index (κ1) is 19.5. The van der Waals surface area contributed by atoms with Gasteiger partial charge in [-0.25, -0.2) is 9.99 Å². The van der Waals surface area contributed by atoms with Crippen molar-refractivity contribution in [1.29, 1.82) is 0 Å². The van der Waals surface area contributed by atoms with E-state index in [-0.39, 0.29) is 36.8 Å². The molecular weight excluding hydrogens is 382 g/mol. The third kappa shape index (κ3) is 3.84. The van der Waals surface area contributed by atoms with E-state index in [2.05, 4.69) is 15.1 Å². The standard InChI is InChI=1S/C22H21N5O3/c1-2-26(14-19-23-17-11-7-6-10-16(17)21(29)24-19)22(30)18-12-13-20(28)27(25-18)15-8-4-3-5-9-15/h3-11H,2,12-14H2,1H3,(H,23,24,29). The molecule has 3 aromatic rings.